The van der Waals surface area contributed by atoms with E-state index in [0.717, 1.165) is 44.1 Å². The van der Waals surface area contributed by atoms with Crippen LogP contribution in [0, 0.1) is 0 Å². The van der Waals surface area contributed by atoms with Gasteiger partial charge in [0.15, 0.2) is 0 Å². The average Bonchev–Trinajstić information content (AvgIpc) is 3.12. The molecule has 2 aromatic rings. The molecule has 108 valence electrons. The molecule has 0 aliphatic carbocycles. The van der Waals surface area contributed by atoms with Crippen LogP contribution < -0.4 is 5.32 Å². The lowest BCUT2D eigenvalue weighted by Crippen LogP contribution is -2.23. The molecule has 0 fully saturated rings. The first kappa shape index (κ1) is 13.3. The molecule has 3 heterocycles. The van der Waals surface area contributed by atoms with E-state index in [1.54, 1.807) is 0 Å². The summed E-state index contributed by atoms with van der Waals surface area (Å²) < 4.78 is 4.45. The van der Waals surface area contributed by atoms with Crippen LogP contribution >= 0.6 is 0 Å². The van der Waals surface area contributed by atoms with Gasteiger partial charge in [0.2, 0.25) is 0 Å². The van der Waals surface area contributed by atoms with Gasteiger partial charge in [0.1, 0.15) is 11.6 Å². The van der Waals surface area contributed by atoms with Crippen molar-refractivity contribution in [3.8, 4) is 0 Å². The molecule has 0 saturated heterocycles. The SMILES string of the molecule is CCCn1cncc1CNC(C)c1nnc2n1CCC2. The Labute approximate surface area is 119 Å². The van der Waals surface area contributed by atoms with Crippen molar-refractivity contribution in [2.75, 3.05) is 0 Å². The van der Waals surface area contributed by atoms with Crippen LogP contribution in [0.2, 0.25) is 0 Å². The Morgan fingerprint density at radius 3 is 3.15 bits per heavy atom. The molecular weight excluding hydrogens is 252 g/mol. The molecule has 1 atom stereocenters. The van der Waals surface area contributed by atoms with Gasteiger partial charge in [-0.1, -0.05) is 6.92 Å². The number of nitrogens with one attached hydrogen (secondary N) is 1. The van der Waals surface area contributed by atoms with Crippen molar-refractivity contribution in [3.63, 3.8) is 0 Å². The van der Waals surface area contributed by atoms with Crippen molar-refractivity contribution in [1.82, 2.24) is 29.6 Å². The van der Waals surface area contributed by atoms with Crippen LogP contribution in [0.15, 0.2) is 12.5 Å². The summed E-state index contributed by atoms with van der Waals surface area (Å²) in [6, 6.07) is 0.208. The number of aromatic nitrogens is 5. The highest BCUT2D eigenvalue weighted by Crippen LogP contribution is 2.19. The van der Waals surface area contributed by atoms with E-state index in [2.05, 4.69) is 43.5 Å². The molecule has 6 heteroatoms. The number of aryl methyl sites for hydroxylation is 2. The molecule has 3 rings (SSSR count). The molecule has 1 unspecified atom stereocenters. The summed E-state index contributed by atoms with van der Waals surface area (Å²) in [6.07, 6.45) is 7.21. The first-order valence-electron chi connectivity index (χ1n) is 7.44. The van der Waals surface area contributed by atoms with E-state index in [1.807, 2.05) is 12.5 Å². The summed E-state index contributed by atoms with van der Waals surface area (Å²) in [5.74, 6) is 2.18. The highest BCUT2D eigenvalue weighted by Gasteiger charge is 2.21. The molecule has 0 amide bonds. The van der Waals surface area contributed by atoms with Gasteiger partial charge in [0, 0.05) is 32.3 Å². The summed E-state index contributed by atoms with van der Waals surface area (Å²) in [5.41, 5.74) is 1.22. The molecule has 20 heavy (non-hydrogen) atoms. The number of hydrogen-bond acceptors (Lipinski definition) is 4. The third kappa shape index (κ3) is 2.47. The second-order valence-electron chi connectivity index (χ2n) is 5.41. The first-order valence-corrected chi connectivity index (χ1v) is 7.44. The minimum absolute atomic E-state index is 0.208. The summed E-state index contributed by atoms with van der Waals surface area (Å²) in [6.45, 7) is 7.21. The topological polar surface area (TPSA) is 60.6 Å². The Kier molecular flexibility index (Phi) is 3.82. The quantitative estimate of drug-likeness (QED) is 0.870. The zero-order chi connectivity index (χ0) is 13.9. The molecule has 1 N–H and O–H groups in total. The monoisotopic (exact) mass is 274 g/mol. The van der Waals surface area contributed by atoms with Gasteiger partial charge < -0.3 is 14.5 Å². The van der Waals surface area contributed by atoms with Crippen LogP contribution in [0.25, 0.3) is 0 Å². The van der Waals surface area contributed by atoms with E-state index < -0.39 is 0 Å². The van der Waals surface area contributed by atoms with Gasteiger partial charge in [-0.15, -0.1) is 10.2 Å². The maximum absolute atomic E-state index is 4.32. The normalized spacial score (nSPS) is 15.5. The number of hydrogen-bond donors (Lipinski definition) is 1. The van der Waals surface area contributed by atoms with Gasteiger partial charge >= 0.3 is 0 Å². The summed E-state index contributed by atoms with van der Waals surface area (Å²) >= 11 is 0. The molecule has 2 aromatic heterocycles. The largest absolute Gasteiger partial charge is 0.333 e. The molecule has 0 saturated carbocycles. The van der Waals surface area contributed by atoms with Crippen LogP contribution in [-0.4, -0.2) is 24.3 Å². The van der Waals surface area contributed by atoms with Crippen molar-refractivity contribution in [3.05, 3.63) is 29.9 Å². The van der Waals surface area contributed by atoms with Crippen molar-refractivity contribution in [2.45, 2.75) is 58.8 Å². The van der Waals surface area contributed by atoms with Crippen molar-refractivity contribution in [2.24, 2.45) is 0 Å². The van der Waals surface area contributed by atoms with Crippen molar-refractivity contribution < 1.29 is 0 Å². The van der Waals surface area contributed by atoms with E-state index in [4.69, 9.17) is 0 Å². The predicted octanol–water partition coefficient (Wildman–Crippen LogP) is 1.68. The highest BCUT2D eigenvalue weighted by atomic mass is 15.3. The summed E-state index contributed by atoms with van der Waals surface area (Å²) in [5, 5.41) is 12.1. The van der Waals surface area contributed by atoms with Crippen LogP contribution in [0.1, 0.15) is 50.1 Å². The smallest absolute Gasteiger partial charge is 0.149 e. The lowest BCUT2D eigenvalue weighted by atomic mass is 10.3. The van der Waals surface area contributed by atoms with Crippen molar-refractivity contribution in [1.29, 1.82) is 0 Å². The van der Waals surface area contributed by atoms with Crippen molar-refractivity contribution >= 4 is 0 Å². The Bertz CT molecular complexity index is 570. The summed E-state index contributed by atoms with van der Waals surface area (Å²) in [4.78, 5) is 4.23. The fourth-order valence-corrected chi connectivity index (χ4v) is 2.78. The van der Waals surface area contributed by atoms with E-state index in [1.165, 1.54) is 12.1 Å². The van der Waals surface area contributed by atoms with Gasteiger partial charge in [-0.25, -0.2) is 4.98 Å². The van der Waals surface area contributed by atoms with Crippen LogP contribution in [-0.2, 0) is 26.1 Å². The number of imidazole rings is 1. The second-order valence-corrected chi connectivity index (χ2v) is 5.41. The fraction of sp³-hybridized carbons (Fsp3) is 0.643. The van der Waals surface area contributed by atoms with E-state index in [-0.39, 0.29) is 6.04 Å². The third-order valence-corrected chi connectivity index (χ3v) is 3.88. The van der Waals surface area contributed by atoms with Gasteiger partial charge in [-0.05, 0) is 19.8 Å². The Balaban J connectivity index is 1.64. The van der Waals surface area contributed by atoms with Crippen LogP contribution in [0.4, 0.5) is 0 Å². The molecule has 1 aliphatic rings. The Morgan fingerprint density at radius 1 is 1.40 bits per heavy atom. The maximum atomic E-state index is 4.32. The Morgan fingerprint density at radius 2 is 2.30 bits per heavy atom. The van der Waals surface area contributed by atoms with Gasteiger partial charge in [0.05, 0.1) is 18.1 Å². The predicted molar refractivity (Wildman–Crippen MR) is 76.1 cm³/mol. The zero-order valence-corrected chi connectivity index (χ0v) is 12.2. The second kappa shape index (κ2) is 5.75. The molecule has 0 aromatic carbocycles. The molecule has 0 bridgehead atoms. The van der Waals surface area contributed by atoms with E-state index in [9.17, 15) is 0 Å². The third-order valence-electron chi connectivity index (χ3n) is 3.88. The molecule has 1 aliphatic heterocycles. The highest BCUT2D eigenvalue weighted by molar-refractivity contribution is 5.05. The minimum Gasteiger partial charge on any atom is -0.333 e. The number of nitrogens with zero attached hydrogens (tertiary/aromatic N) is 5. The molecular formula is C14H22N6. The number of fused-ring (bicyclic) bond motifs is 1. The van der Waals surface area contributed by atoms with Crippen LogP contribution in [0.5, 0.6) is 0 Å². The fourth-order valence-electron chi connectivity index (χ4n) is 2.78. The Hall–Kier alpha value is -1.69. The zero-order valence-electron chi connectivity index (χ0n) is 12.2. The van der Waals surface area contributed by atoms with Gasteiger partial charge in [0.25, 0.3) is 0 Å². The lowest BCUT2D eigenvalue weighted by Gasteiger charge is -2.14. The first-order chi connectivity index (χ1) is 9.79. The van der Waals surface area contributed by atoms with Gasteiger partial charge in [-0.2, -0.15) is 0 Å². The standard InChI is InChI=1S/C14H22N6/c1-3-6-19-10-15-8-12(19)9-16-11(2)14-18-17-13-5-4-7-20(13)14/h8,10-11,16H,3-7,9H2,1-2H3. The van der Waals surface area contributed by atoms with Gasteiger partial charge in [-0.3, -0.25) is 0 Å². The number of rotatable bonds is 6. The molecule has 0 spiro atoms. The van der Waals surface area contributed by atoms with Crippen LogP contribution in [0.3, 0.4) is 0 Å². The summed E-state index contributed by atoms with van der Waals surface area (Å²) in [7, 11) is 0. The lowest BCUT2D eigenvalue weighted by molar-refractivity contribution is 0.499. The van der Waals surface area contributed by atoms with E-state index >= 15 is 0 Å². The van der Waals surface area contributed by atoms with E-state index in [0.29, 0.717) is 0 Å². The maximum Gasteiger partial charge on any atom is 0.149 e. The minimum atomic E-state index is 0.208. The average molecular weight is 274 g/mol. The molecule has 6 nitrogen and oxygen atoms in total. The molecule has 0 radical (unpaired) electrons.